The van der Waals surface area contributed by atoms with Crippen LogP contribution in [0.4, 0.5) is 0 Å². The third-order valence-corrected chi connectivity index (χ3v) is 2.77. The van der Waals surface area contributed by atoms with Gasteiger partial charge in [0.05, 0.1) is 19.1 Å². The van der Waals surface area contributed by atoms with Gasteiger partial charge in [-0.2, -0.15) is 5.26 Å². The molecule has 0 heterocycles. The first kappa shape index (κ1) is 11.6. The van der Waals surface area contributed by atoms with Gasteiger partial charge in [0.15, 0.2) is 0 Å². The Hall–Kier alpha value is -1.49. The van der Waals surface area contributed by atoms with Gasteiger partial charge in [0, 0.05) is 0 Å². The largest absolute Gasteiger partial charge is 0.497 e. The minimum atomic E-state index is 0.0436. The fourth-order valence-corrected chi connectivity index (χ4v) is 1.84. The van der Waals surface area contributed by atoms with Crippen molar-refractivity contribution in [1.82, 2.24) is 0 Å². The molecule has 0 amide bonds. The predicted octanol–water partition coefficient (Wildman–Crippen LogP) is 3.35. The maximum Gasteiger partial charge on any atom is 0.119 e. The molecule has 2 nitrogen and oxygen atoms in total. The summed E-state index contributed by atoms with van der Waals surface area (Å²) in [7, 11) is 1.66. The second-order valence-corrected chi connectivity index (χ2v) is 3.71. The van der Waals surface area contributed by atoms with E-state index < -0.39 is 0 Å². The van der Waals surface area contributed by atoms with Gasteiger partial charge in [-0.1, -0.05) is 19.1 Å². The van der Waals surface area contributed by atoms with Crippen LogP contribution in [0.3, 0.4) is 0 Å². The van der Waals surface area contributed by atoms with Crippen molar-refractivity contribution in [1.29, 1.82) is 5.26 Å². The van der Waals surface area contributed by atoms with Gasteiger partial charge in [-0.15, -0.1) is 0 Å². The number of methoxy groups -OCH3 is 1. The first-order valence-corrected chi connectivity index (χ1v) is 5.26. The van der Waals surface area contributed by atoms with E-state index >= 15 is 0 Å². The van der Waals surface area contributed by atoms with E-state index in [2.05, 4.69) is 19.1 Å². The Bertz CT molecular complexity index is 354. The molecule has 2 atom stereocenters. The lowest BCUT2D eigenvalue weighted by molar-refractivity contribution is 0.413. The quantitative estimate of drug-likeness (QED) is 0.751. The van der Waals surface area contributed by atoms with Gasteiger partial charge in [0.1, 0.15) is 5.75 Å². The van der Waals surface area contributed by atoms with Gasteiger partial charge in [-0.3, -0.25) is 0 Å². The molecule has 0 aliphatic heterocycles. The van der Waals surface area contributed by atoms with Crippen LogP contribution in [0.1, 0.15) is 31.7 Å². The molecule has 0 fully saturated rings. The highest BCUT2D eigenvalue weighted by Gasteiger charge is 2.17. The van der Waals surface area contributed by atoms with Crippen molar-refractivity contribution in [3.8, 4) is 11.8 Å². The Labute approximate surface area is 91.5 Å². The number of nitriles is 1. The fourth-order valence-electron chi connectivity index (χ4n) is 1.84. The number of ether oxygens (including phenoxy) is 1. The SMILES string of the molecule is CCC(c1cccc(OC)c1)C(C)C#N. The zero-order valence-corrected chi connectivity index (χ0v) is 9.53. The van der Waals surface area contributed by atoms with Gasteiger partial charge in [-0.25, -0.2) is 0 Å². The molecule has 0 spiro atoms. The second kappa shape index (κ2) is 5.41. The highest BCUT2D eigenvalue weighted by molar-refractivity contribution is 5.31. The molecule has 2 unspecified atom stereocenters. The van der Waals surface area contributed by atoms with Crippen molar-refractivity contribution in [3.63, 3.8) is 0 Å². The summed E-state index contributed by atoms with van der Waals surface area (Å²) in [5.41, 5.74) is 1.19. The average Bonchev–Trinajstić information content (AvgIpc) is 2.30. The number of nitrogens with zero attached hydrogens (tertiary/aromatic N) is 1. The van der Waals surface area contributed by atoms with Crippen LogP contribution in [0.15, 0.2) is 24.3 Å². The summed E-state index contributed by atoms with van der Waals surface area (Å²) in [6, 6.07) is 10.3. The highest BCUT2D eigenvalue weighted by atomic mass is 16.5. The van der Waals surface area contributed by atoms with Crippen molar-refractivity contribution in [2.75, 3.05) is 7.11 Å². The molecule has 0 aliphatic rings. The summed E-state index contributed by atoms with van der Waals surface area (Å²) >= 11 is 0. The van der Waals surface area contributed by atoms with Crippen molar-refractivity contribution in [2.24, 2.45) is 5.92 Å². The fraction of sp³-hybridized carbons (Fsp3) is 0.462. The van der Waals surface area contributed by atoms with Crippen LogP contribution in [0.25, 0.3) is 0 Å². The molecule has 0 bridgehead atoms. The van der Waals surface area contributed by atoms with Crippen molar-refractivity contribution in [2.45, 2.75) is 26.2 Å². The van der Waals surface area contributed by atoms with Gasteiger partial charge in [0.25, 0.3) is 0 Å². The third-order valence-electron chi connectivity index (χ3n) is 2.77. The van der Waals surface area contributed by atoms with Gasteiger partial charge < -0.3 is 4.74 Å². The van der Waals surface area contributed by atoms with Crippen LogP contribution in [0, 0.1) is 17.2 Å². The maximum atomic E-state index is 8.94. The van der Waals surface area contributed by atoms with E-state index in [0.29, 0.717) is 5.92 Å². The normalized spacial score (nSPS) is 14.0. The number of hydrogen-bond donors (Lipinski definition) is 0. The van der Waals surface area contributed by atoms with Crippen LogP contribution >= 0.6 is 0 Å². The highest BCUT2D eigenvalue weighted by Crippen LogP contribution is 2.29. The van der Waals surface area contributed by atoms with Crippen LogP contribution in [-0.4, -0.2) is 7.11 Å². The molecule has 80 valence electrons. The molecule has 0 N–H and O–H groups in total. The first-order chi connectivity index (χ1) is 7.22. The zero-order valence-electron chi connectivity index (χ0n) is 9.53. The summed E-state index contributed by atoms with van der Waals surface area (Å²) in [6.45, 7) is 4.08. The molecule has 1 aromatic rings. The predicted molar refractivity (Wildman–Crippen MR) is 60.8 cm³/mol. The van der Waals surface area contributed by atoms with Gasteiger partial charge in [-0.05, 0) is 37.0 Å². The first-order valence-electron chi connectivity index (χ1n) is 5.26. The summed E-state index contributed by atoms with van der Waals surface area (Å²) in [6.07, 6.45) is 0.974. The Morgan fingerprint density at radius 1 is 1.47 bits per heavy atom. The summed E-state index contributed by atoms with van der Waals surface area (Å²) in [4.78, 5) is 0. The Kier molecular flexibility index (Phi) is 4.17. The molecule has 0 saturated heterocycles. The third kappa shape index (κ3) is 2.73. The van der Waals surface area contributed by atoms with E-state index in [4.69, 9.17) is 10.00 Å². The molecule has 1 aromatic carbocycles. The number of benzene rings is 1. The van der Waals surface area contributed by atoms with E-state index in [1.165, 1.54) is 5.56 Å². The molecule has 15 heavy (non-hydrogen) atoms. The summed E-state index contributed by atoms with van der Waals surface area (Å²) in [5, 5.41) is 8.94. The maximum absolute atomic E-state index is 8.94. The van der Waals surface area contributed by atoms with Crippen molar-refractivity contribution >= 4 is 0 Å². The lowest BCUT2D eigenvalue weighted by Gasteiger charge is -2.17. The van der Waals surface area contributed by atoms with E-state index in [1.54, 1.807) is 7.11 Å². The molecule has 0 aliphatic carbocycles. The molecule has 2 heteroatoms. The zero-order chi connectivity index (χ0) is 11.3. The van der Waals surface area contributed by atoms with Crippen molar-refractivity contribution < 1.29 is 4.74 Å². The van der Waals surface area contributed by atoms with E-state index in [0.717, 1.165) is 12.2 Å². The topological polar surface area (TPSA) is 33.0 Å². The van der Waals surface area contributed by atoms with Crippen LogP contribution < -0.4 is 4.74 Å². The lowest BCUT2D eigenvalue weighted by atomic mass is 9.86. The molecular formula is C13H17NO. The van der Waals surface area contributed by atoms with E-state index in [-0.39, 0.29) is 5.92 Å². The summed E-state index contributed by atoms with van der Waals surface area (Å²) in [5.74, 6) is 1.20. The van der Waals surface area contributed by atoms with E-state index in [1.807, 2.05) is 25.1 Å². The van der Waals surface area contributed by atoms with Crippen LogP contribution in [-0.2, 0) is 0 Å². The molecule has 1 rings (SSSR count). The van der Waals surface area contributed by atoms with Gasteiger partial charge in [0.2, 0.25) is 0 Å². The second-order valence-electron chi connectivity index (χ2n) is 3.71. The Morgan fingerprint density at radius 2 is 2.20 bits per heavy atom. The number of hydrogen-bond acceptors (Lipinski definition) is 2. The van der Waals surface area contributed by atoms with Gasteiger partial charge >= 0.3 is 0 Å². The van der Waals surface area contributed by atoms with Crippen LogP contribution in [0.5, 0.6) is 5.75 Å². The number of rotatable bonds is 4. The van der Waals surface area contributed by atoms with E-state index in [9.17, 15) is 0 Å². The molecule has 0 radical (unpaired) electrons. The summed E-state index contributed by atoms with van der Waals surface area (Å²) < 4.78 is 5.18. The molecule has 0 aromatic heterocycles. The minimum absolute atomic E-state index is 0.0436. The lowest BCUT2D eigenvalue weighted by Crippen LogP contribution is -2.07. The standard InChI is InChI=1S/C13H17NO/c1-4-13(10(2)9-14)11-6-5-7-12(8-11)15-3/h5-8,10,13H,4H2,1-3H3. The minimum Gasteiger partial charge on any atom is -0.497 e. The smallest absolute Gasteiger partial charge is 0.119 e. The molecular weight excluding hydrogens is 186 g/mol. The van der Waals surface area contributed by atoms with Crippen LogP contribution in [0.2, 0.25) is 0 Å². The Morgan fingerprint density at radius 3 is 2.73 bits per heavy atom. The van der Waals surface area contributed by atoms with Crippen molar-refractivity contribution in [3.05, 3.63) is 29.8 Å². The Balaban J connectivity index is 2.97. The monoisotopic (exact) mass is 203 g/mol. The molecule has 0 saturated carbocycles. The average molecular weight is 203 g/mol.